The molecule has 0 N–H and O–H groups in total. The van der Waals surface area contributed by atoms with Crippen LogP contribution in [0.1, 0.15) is 26.6 Å². The minimum Gasteiger partial charge on any atom is -0.497 e. The largest absolute Gasteiger partial charge is 0.497 e. The third-order valence-corrected chi connectivity index (χ3v) is 6.78. The Kier molecular flexibility index (Phi) is 5.70. The van der Waals surface area contributed by atoms with Gasteiger partial charge in [0.05, 0.1) is 18.4 Å². The van der Waals surface area contributed by atoms with Gasteiger partial charge in [-0.05, 0) is 55.0 Å². The summed E-state index contributed by atoms with van der Waals surface area (Å²) in [6.07, 6.45) is 3.44. The van der Waals surface area contributed by atoms with Crippen molar-refractivity contribution in [2.75, 3.05) is 7.11 Å². The standard InChI is InChI=1S/C26H20ClN3O2S/c1-16-24(25(31)26-29-22(15-33-26)18-9-11-28-12-10-18)21-13-20(32-2)7-8-23(21)30(16)14-17-3-5-19(27)6-4-17/h3-13,15H,14H2,1-2H3. The predicted octanol–water partition coefficient (Wildman–Crippen LogP) is 6.41. The Labute approximate surface area is 200 Å². The van der Waals surface area contributed by atoms with Gasteiger partial charge in [0.2, 0.25) is 5.78 Å². The second-order valence-corrected chi connectivity index (χ2v) is 8.95. The molecule has 3 heterocycles. The van der Waals surface area contributed by atoms with Gasteiger partial charge in [-0.2, -0.15) is 0 Å². The monoisotopic (exact) mass is 473 g/mol. The maximum Gasteiger partial charge on any atom is 0.224 e. The fourth-order valence-electron chi connectivity index (χ4n) is 3.99. The van der Waals surface area contributed by atoms with Crippen molar-refractivity contribution in [2.24, 2.45) is 0 Å². The minimum atomic E-state index is -0.0917. The Balaban J connectivity index is 1.61. The number of fused-ring (bicyclic) bond motifs is 1. The van der Waals surface area contributed by atoms with E-state index in [9.17, 15) is 4.79 Å². The zero-order valence-electron chi connectivity index (χ0n) is 18.1. The highest BCUT2D eigenvalue weighted by Crippen LogP contribution is 2.33. The van der Waals surface area contributed by atoms with Crippen LogP contribution in [0.3, 0.4) is 0 Å². The average molecular weight is 474 g/mol. The van der Waals surface area contributed by atoms with E-state index in [-0.39, 0.29) is 5.78 Å². The van der Waals surface area contributed by atoms with Crippen LogP contribution < -0.4 is 4.74 Å². The number of aromatic nitrogens is 3. The van der Waals surface area contributed by atoms with Crippen LogP contribution in [0.5, 0.6) is 5.75 Å². The zero-order chi connectivity index (χ0) is 22.9. The third kappa shape index (κ3) is 4.03. The van der Waals surface area contributed by atoms with Gasteiger partial charge in [0, 0.05) is 51.5 Å². The number of ether oxygens (including phenoxy) is 1. The van der Waals surface area contributed by atoms with Crippen LogP contribution in [0.4, 0.5) is 0 Å². The van der Waals surface area contributed by atoms with Crippen LogP contribution in [-0.4, -0.2) is 27.4 Å². The van der Waals surface area contributed by atoms with Gasteiger partial charge in [-0.1, -0.05) is 23.7 Å². The van der Waals surface area contributed by atoms with E-state index in [1.165, 1.54) is 11.3 Å². The van der Waals surface area contributed by atoms with Crippen LogP contribution in [0.15, 0.2) is 72.4 Å². The Bertz CT molecular complexity index is 1460. The van der Waals surface area contributed by atoms with Gasteiger partial charge in [-0.3, -0.25) is 9.78 Å². The predicted molar refractivity (Wildman–Crippen MR) is 133 cm³/mol. The molecule has 2 aromatic carbocycles. The van der Waals surface area contributed by atoms with Crippen molar-refractivity contribution >= 4 is 39.6 Å². The number of carbonyl (C=O) groups excluding carboxylic acids is 1. The first-order valence-electron chi connectivity index (χ1n) is 10.4. The summed E-state index contributed by atoms with van der Waals surface area (Å²) in [5.74, 6) is 0.614. The van der Waals surface area contributed by atoms with E-state index in [1.807, 2.05) is 66.9 Å². The molecule has 0 aliphatic carbocycles. The summed E-state index contributed by atoms with van der Waals surface area (Å²) < 4.78 is 7.61. The molecule has 0 atom stereocenters. The number of benzene rings is 2. The number of thiazole rings is 1. The smallest absolute Gasteiger partial charge is 0.224 e. The van der Waals surface area contributed by atoms with E-state index < -0.39 is 0 Å². The third-order valence-electron chi connectivity index (χ3n) is 5.69. The second kappa shape index (κ2) is 8.81. The molecule has 0 aliphatic rings. The number of hydrogen-bond donors (Lipinski definition) is 0. The molecule has 5 rings (SSSR count). The van der Waals surface area contributed by atoms with Crippen LogP contribution in [0, 0.1) is 6.92 Å². The Morgan fingerprint density at radius 1 is 1.09 bits per heavy atom. The van der Waals surface area contributed by atoms with E-state index >= 15 is 0 Å². The quantitative estimate of drug-likeness (QED) is 0.267. The normalized spacial score (nSPS) is 11.1. The summed E-state index contributed by atoms with van der Waals surface area (Å²) in [6, 6.07) is 17.4. The molecule has 0 spiro atoms. The van der Waals surface area contributed by atoms with Crippen molar-refractivity contribution in [1.29, 1.82) is 0 Å². The van der Waals surface area contributed by atoms with Crippen LogP contribution in [0.2, 0.25) is 5.02 Å². The van der Waals surface area contributed by atoms with E-state index in [0.717, 1.165) is 33.4 Å². The number of nitrogens with zero attached hydrogens (tertiary/aromatic N) is 3. The highest BCUT2D eigenvalue weighted by Gasteiger charge is 2.24. The summed E-state index contributed by atoms with van der Waals surface area (Å²) in [4.78, 5) is 22.4. The van der Waals surface area contributed by atoms with Crippen molar-refractivity contribution in [3.8, 4) is 17.0 Å². The molecule has 0 radical (unpaired) electrons. The van der Waals surface area contributed by atoms with Crippen molar-refractivity contribution in [3.05, 3.63) is 99.2 Å². The molecule has 0 aliphatic heterocycles. The maximum atomic E-state index is 13.7. The zero-order valence-corrected chi connectivity index (χ0v) is 19.7. The summed E-state index contributed by atoms with van der Waals surface area (Å²) in [7, 11) is 1.63. The van der Waals surface area contributed by atoms with Crippen molar-refractivity contribution in [2.45, 2.75) is 13.5 Å². The first-order chi connectivity index (χ1) is 16.0. The van der Waals surface area contributed by atoms with Crippen LogP contribution in [0.25, 0.3) is 22.2 Å². The Morgan fingerprint density at radius 2 is 1.85 bits per heavy atom. The second-order valence-electron chi connectivity index (χ2n) is 7.66. The molecular formula is C26H20ClN3O2S. The highest BCUT2D eigenvalue weighted by molar-refractivity contribution is 7.12. The topological polar surface area (TPSA) is 57.0 Å². The highest BCUT2D eigenvalue weighted by atomic mass is 35.5. The SMILES string of the molecule is COc1ccc2c(c1)c(C(=O)c1nc(-c3ccncc3)cs1)c(C)n2Cc1ccc(Cl)cc1. The molecule has 164 valence electrons. The number of rotatable bonds is 6. The molecule has 5 nitrogen and oxygen atoms in total. The average Bonchev–Trinajstić information content (AvgIpc) is 3.44. The first-order valence-corrected chi connectivity index (χ1v) is 11.6. The summed E-state index contributed by atoms with van der Waals surface area (Å²) in [6.45, 7) is 2.60. The van der Waals surface area contributed by atoms with E-state index in [2.05, 4.69) is 14.5 Å². The number of carbonyl (C=O) groups is 1. The van der Waals surface area contributed by atoms with E-state index in [0.29, 0.717) is 27.9 Å². The fraction of sp³-hybridized carbons (Fsp3) is 0.115. The Morgan fingerprint density at radius 3 is 2.58 bits per heavy atom. The number of methoxy groups -OCH3 is 1. The van der Waals surface area contributed by atoms with Crippen molar-refractivity contribution < 1.29 is 9.53 Å². The summed E-state index contributed by atoms with van der Waals surface area (Å²) in [5.41, 5.74) is 5.31. The van der Waals surface area contributed by atoms with Gasteiger partial charge < -0.3 is 9.30 Å². The lowest BCUT2D eigenvalue weighted by atomic mass is 10.1. The lowest BCUT2D eigenvalue weighted by molar-refractivity contribution is 0.103. The van der Waals surface area contributed by atoms with Crippen LogP contribution in [-0.2, 0) is 6.54 Å². The number of halogens is 1. The van der Waals surface area contributed by atoms with Gasteiger partial charge >= 0.3 is 0 Å². The van der Waals surface area contributed by atoms with E-state index in [4.69, 9.17) is 16.3 Å². The van der Waals surface area contributed by atoms with Crippen molar-refractivity contribution in [3.63, 3.8) is 0 Å². The van der Waals surface area contributed by atoms with Crippen molar-refractivity contribution in [1.82, 2.24) is 14.5 Å². The van der Waals surface area contributed by atoms with Crippen LogP contribution >= 0.6 is 22.9 Å². The molecule has 0 saturated heterocycles. The molecule has 33 heavy (non-hydrogen) atoms. The fourth-order valence-corrected chi connectivity index (χ4v) is 4.89. The molecule has 5 aromatic rings. The lowest BCUT2D eigenvalue weighted by Gasteiger charge is -2.09. The summed E-state index contributed by atoms with van der Waals surface area (Å²) >= 11 is 7.41. The van der Waals surface area contributed by atoms with Gasteiger partial charge in [-0.15, -0.1) is 11.3 Å². The molecule has 3 aromatic heterocycles. The molecular weight excluding hydrogens is 454 g/mol. The molecule has 0 saturated carbocycles. The Hall–Kier alpha value is -3.48. The van der Waals surface area contributed by atoms with Gasteiger partial charge in [0.15, 0.2) is 5.01 Å². The van der Waals surface area contributed by atoms with E-state index in [1.54, 1.807) is 19.5 Å². The number of pyridine rings is 1. The molecule has 0 unspecified atom stereocenters. The molecule has 0 fully saturated rings. The molecule has 0 amide bonds. The van der Waals surface area contributed by atoms with Gasteiger partial charge in [0.25, 0.3) is 0 Å². The number of ketones is 1. The lowest BCUT2D eigenvalue weighted by Crippen LogP contribution is -2.06. The number of hydrogen-bond acceptors (Lipinski definition) is 5. The maximum absolute atomic E-state index is 13.7. The van der Waals surface area contributed by atoms with Gasteiger partial charge in [-0.25, -0.2) is 4.98 Å². The minimum absolute atomic E-state index is 0.0917. The first kappa shape index (κ1) is 21.4. The molecule has 0 bridgehead atoms. The molecule has 7 heteroatoms. The summed E-state index contributed by atoms with van der Waals surface area (Å²) in [5, 5.41) is 3.91. The van der Waals surface area contributed by atoms with Gasteiger partial charge in [0.1, 0.15) is 5.75 Å².